The molecule has 2 fully saturated rings. The first-order valence-electron chi connectivity index (χ1n) is 12.6. The Morgan fingerprint density at radius 2 is 1.92 bits per heavy atom. The third-order valence-corrected chi connectivity index (χ3v) is 7.55. The molecule has 1 N–H and O–H groups in total. The number of aromatic amines is 1. The van der Waals surface area contributed by atoms with Crippen molar-refractivity contribution in [3.63, 3.8) is 0 Å². The van der Waals surface area contributed by atoms with Crippen LogP contribution in [0.2, 0.25) is 0 Å². The Hall–Kier alpha value is -3.08. The largest absolute Gasteiger partial charge is 0.378 e. The standard InChI is InChI=1S/C26H33FN8O/c1-32(2)21-8-9-34(15-19(21)27)16-22-29-23-25(33(22)3)30-24(31-26(23)35-10-12-36-13-11-35)18-14-28-20-7-5-4-6-17(18)20/h4-7,14,19,21,28H,8-13,15-16H2,1-3H3/t19-,21+/m0/s1. The number of rotatable bonds is 5. The number of benzene rings is 1. The summed E-state index contributed by atoms with van der Waals surface area (Å²) in [5.41, 5.74) is 3.60. The molecule has 0 radical (unpaired) electrons. The minimum absolute atomic E-state index is 0.0285. The molecule has 4 aromatic rings. The molecular weight excluding hydrogens is 459 g/mol. The summed E-state index contributed by atoms with van der Waals surface area (Å²) >= 11 is 0. The number of morpholine rings is 1. The molecule has 3 aromatic heterocycles. The number of para-hydroxylation sites is 1. The number of halogens is 1. The van der Waals surface area contributed by atoms with Gasteiger partial charge in [0.1, 0.15) is 12.0 Å². The van der Waals surface area contributed by atoms with Gasteiger partial charge < -0.3 is 24.1 Å². The van der Waals surface area contributed by atoms with E-state index in [-0.39, 0.29) is 6.04 Å². The van der Waals surface area contributed by atoms with Crippen LogP contribution in [0.1, 0.15) is 12.2 Å². The molecule has 2 saturated heterocycles. The number of alkyl halides is 1. The lowest BCUT2D eigenvalue weighted by Gasteiger charge is -2.37. The fraction of sp³-hybridized carbons (Fsp3) is 0.500. The normalized spacial score (nSPS) is 21.8. The maximum absolute atomic E-state index is 14.8. The van der Waals surface area contributed by atoms with Crippen LogP contribution in [-0.2, 0) is 18.3 Å². The van der Waals surface area contributed by atoms with E-state index in [4.69, 9.17) is 19.7 Å². The molecule has 2 aliphatic rings. The van der Waals surface area contributed by atoms with Crippen molar-refractivity contribution in [3.8, 4) is 11.4 Å². The van der Waals surface area contributed by atoms with Crippen LogP contribution >= 0.6 is 0 Å². The number of nitrogens with zero attached hydrogens (tertiary/aromatic N) is 7. The highest BCUT2D eigenvalue weighted by molar-refractivity contribution is 5.95. The van der Waals surface area contributed by atoms with Gasteiger partial charge in [-0.15, -0.1) is 0 Å². The second kappa shape index (κ2) is 9.42. The van der Waals surface area contributed by atoms with E-state index in [1.54, 1.807) is 0 Å². The fourth-order valence-corrected chi connectivity index (χ4v) is 5.49. The molecule has 10 heteroatoms. The monoisotopic (exact) mass is 492 g/mol. The van der Waals surface area contributed by atoms with Gasteiger partial charge in [0, 0.05) is 61.9 Å². The summed E-state index contributed by atoms with van der Waals surface area (Å²) in [5.74, 6) is 2.38. The molecule has 9 nitrogen and oxygen atoms in total. The van der Waals surface area contributed by atoms with Gasteiger partial charge in [0.25, 0.3) is 0 Å². The predicted octanol–water partition coefficient (Wildman–Crippen LogP) is 2.82. The Bertz CT molecular complexity index is 1380. The van der Waals surface area contributed by atoms with Crippen LogP contribution < -0.4 is 4.90 Å². The van der Waals surface area contributed by atoms with Crippen molar-refractivity contribution < 1.29 is 9.13 Å². The second-order valence-electron chi connectivity index (χ2n) is 10.0. The summed E-state index contributed by atoms with van der Waals surface area (Å²) in [6.07, 6.45) is 1.91. The summed E-state index contributed by atoms with van der Waals surface area (Å²) in [7, 11) is 5.91. The molecular formula is C26H33FN8O. The lowest BCUT2D eigenvalue weighted by Crippen LogP contribution is -2.50. The summed E-state index contributed by atoms with van der Waals surface area (Å²) in [6.45, 7) is 4.67. The van der Waals surface area contributed by atoms with Gasteiger partial charge in [0.2, 0.25) is 0 Å². The Balaban J connectivity index is 1.40. The molecule has 0 unspecified atom stereocenters. The smallest absolute Gasteiger partial charge is 0.166 e. The molecule has 0 amide bonds. The van der Waals surface area contributed by atoms with E-state index in [9.17, 15) is 4.39 Å². The lowest BCUT2D eigenvalue weighted by molar-refractivity contribution is 0.0530. The second-order valence-corrected chi connectivity index (χ2v) is 10.0. The average Bonchev–Trinajstić information content (AvgIpc) is 3.45. The van der Waals surface area contributed by atoms with Crippen LogP contribution in [0.4, 0.5) is 10.2 Å². The highest BCUT2D eigenvalue weighted by Gasteiger charge is 2.31. The number of piperidine rings is 1. The average molecular weight is 493 g/mol. The van der Waals surface area contributed by atoms with Gasteiger partial charge in [-0.2, -0.15) is 0 Å². The molecule has 5 heterocycles. The van der Waals surface area contributed by atoms with Gasteiger partial charge in [-0.1, -0.05) is 18.2 Å². The Kier molecular flexibility index (Phi) is 6.10. The number of aryl methyl sites for hydroxylation is 1. The van der Waals surface area contributed by atoms with Crippen molar-refractivity contribution in [3.05, 3.63) is 36.3 Å². The van der Waals surface area contributed by atoms with Crippen LogP contribution in [0, 0.1) is 0 Å². The number of anilines is 1. The Morgan fingerprint density at radius 3 is 2.69 bits per heavy atom. The van der Waals surface area contributed by atoms with E-state index in [1.807, 2.05) is 48.9 Å². The highest BCUT2D eigenvalue weighted by Crippen LogP contribution is 2.32. The van der Waals surface area contributed by atoms with Crippen molar-refractivity contribution in [1.29, 1.82) is 0 Å². The molecule has 0 saturated carbocycles. The van der Waals surface area contributed by atoms with Crippen LogP contribution in [0.15, 0.2) is 30.5 Å². The number of imidazole rings is 1. The molecule has 0 spiro atoms. The van der Waals surface area contributed by atoms with Crippen LogP contribution in [-0.4, -0.2) is 100 Å². The van der Waals surface area contributed by atoms with Gasteiger partial charge in [-0.05, 0) is 26.6 Å². The molecule has 190 valence electrons. The number of aromatic nitrogens is 5. The molecule has 6 rings (SSSR count). The number of likely N-dealkylation sites (tertiary alicyclic amines) is 1. The first-order chi connectivity index (χ1) is 17.5. The van der Waals surface area contributed by atoms with E-state index in [0.29, 0.717) is 32.1 Å². The third-order valence-electron chi connectivity index (χ3n) is 7.55. The zero-order chi connectivity index (χ0) is 24.8. The van der Waals surface area contributed by atoms with Crippen LogP contribution in [0.5, 0.6) is 0 Å². The molecule has 2 aliphatic heterocycles. The van der Waals surface area contributed by atoms with Crippen LogP contribution in [0.3, 0.4) is 0 Å². The first kappa shape index (κ1) is 23.3. The van der Waals surface area contributed by atoms with Crippen LogP contribution in [0.25, 0.3) is 33.5 Å². The minimum Gasteiger partial charge on any atom is -0.378 e. The molecule has 2 atom stereocenters. The summed E-state index contributed by atoms with van der Waals surface area (Å²) in [5, 5.41) is 1.09. The Morgan fingerprint density at radius 1 is 1.11 bits per heavy atom. The zero-order valence-electron chi connectivity index (χ0n) is 21.1. The number of hydrogen-bond acceptors (Lipinski definition) is 7. The van der Waals surface area contributed by atoms with Crippen molar-refractivity contribution in [1.82, 2.24) is 34.3 Å². The molecule has 0 aliphatic carbocycles. The predicted molar refractivity (Wildman–Crippen MR) is 139 cm³/mol. The Labute approximate surface area is 209 Å². The van der Waals surface area contributed by atoms with Crippen molar-refractivity contribution in [2.24, 2.45) is 7.05 Å². The van der Waals surface area contributed by atoms with E-state index in [2.05, 4.69) is 26.9 Å². The van der Waals surface area contributed by atoms with E-state index < -0.39 is 6.17 Å². The summed E-state index contributed by atoms with van der Waals surface area (Å²) in [6, 6.07) is 8.16. The molecule has 1 aromatic carbocycles. The summed E-state index contributed by atoms with van der Waals surface area (Å²) < 4.78 is 22.5. The number of H-pyrrole nitrogens is 1. The first-order valence-corrected chi connectivity index (χ1v) is 12.6. The maximum atomic E-state index is 14.8. The van der Waals surface area contributed by atoms with Crippen molar-refractivity contribution in [2.45, 2.75) is 25.2 Å². The zero-order valence-corrected chi connectivity index (χ0v) is 21.1. The van der Waals surface area contributed by atoms with Gasteiger partial charge in [-0.3, -0.25) is 4.90 Å². The van der Waals surface area contributed by atoms with E-state index in [1.165, 1.54) is 0 Å². The number of hydrogen-bond donors (Lipinski definition) is 1. The third kappa shape index (κ3) is 4.12. The van der Waals surface area contributed by atoms with Crippen molar-refractivity contribution in [2.75, 3.05) is 58.4 Å². The SMILES string of the molecule is CN(C)[C@@H]1CCN(Cc2nc3c(N4CCOCC4)nc(-c4c[nH]c5ccccc45)nc3n2C)C[C@@H]1F. The number of ether oxygens (including phenoxy) is 1. The minimum atomic E-state index is -0.874. The highest BCUT2D eigenvalue weighted by atomic mass is 19.1. The molecule has 0 bridgehead atoms. The number of nitrogens with one attached hydrogen (secondary N) is 1. The van der Waals surface area contributed by atoms with Crippen molar-refractivity contribution >= 4 is 27.9 Å². The van der Waals surface area contributed by atoms with Gasteiger partial charge in [0.15, 0.2) is 22.8 Å². The van der Waals surface area contributed by atoms with E-state index >= 15 is 0 Å². The lowest BCUT2D eigenvalue weighted by atomic mass is 10.0. The number of fused-ring (bicyclic) bond motifs is 2. The molecule has 36 heavy (non-hydrogen) atoms. The maximum Gasteiger partial charge on any atom is 0.166 e. The fourth-order valence-electron chi connectivity index (χ4n) is 5.49. The quantitative estimate of drug-likeness (QED) is 0.459. The van der Waals surface area contributed by atoms with E-state index in [0.717, 1.165) is 65.3 Å². The topological polar surface area (TPSA) is 78.3 Å². The van der Waals surface area contributed by atoms with Gasteiger partial charge in [0.05, 0.1) is 19.8 Å². The van der Waals surface area contributed by atoms with Gasteiger partial charge >= 0.3 is 0 Å². The van der Waals surface area contributed by atoms with Gasteiger partial charge in [-0.25, -0.2) is 19.3 Å². The summed E-state index contributed by atoms with van der Waals surface area (Å²) in [4.78, 5) is 24.8.